The second-order valence-electron chi connectivity index (χ2n) is 4.21. The van der Waals surface area contributed by atoms with Crippen molar-refractivity contribution in [2.45, 2.75) is 26.4 Å². The fourth-order valence-electron chi connectivity index (χ4n) is 1.79. The second-order valence-corrected chi connectivity index (χ2v) is 4.21. The van der Waals surface area contributed by atoms with E-state index < -0.39 is 0 Å². The maximum Gasteiger partial charge on any atom is 0.203 e. The Balaban J connectivity index is 1.93. The summed E-state index contributed by atoms with van der Waals surface area (Å²) in [6.07, 6.45) is 6.70. The molecule has 18 heavy (non-hydrogen) atoms. The number of aromatic nitrogens is 4. The minimum atomic E-state index is 0.719. The zero-order valence-corrected chi connectivity index (χ0v) is 10.8. The number of methoxy groups -OCH3 is 1. The molecule has 2 rings (SSSR count). The van der Waals surface area contributed by atoms with Crippen LogP contribution in [0.5, 0.6) is 0 Å². The maximum absolute atomic E-state index is 5.06. The Kier molecular flexibility index (Phi) is 4.35. The van der Waals surface area contributed by atoms with Crippen LogP contribution >= 0.6 is 0 Å². The molecule has 0 radical (unpaired) electrons. The minimum Gasteiger partial charge on any atom is -0.385 e. The molecular formula is C12H19N5O. The van der Waals surface area contributed by atoms with Gasteiger partial charge < -0.3 is 14.6 Å². The van der Waals surface area contributed by atoms with Crippen LogP contribution in [0.2, 0.25) is 0 Å². The summed E-state index contributed by atoms with van der Waals surface area (Å²) in [6, 6.07) is 0. The molecule has 0 aliphatic heterocycles. The second kappa shape index (κ2) is 6.20. The van der Waals surface area contributed by atoms with E-state index in [-0.39, 0.29) is 0 Å². The standard InChI is InChI=1S/C12H19N5O/c1-10-9-17(4-3-5-18-2)12(16-10)13-6-11-7-14-15-8-11/h7-9H,3-6H2,1-2H3,(H,13,16)(H,14,15). The van der Waals surface area contributed by atoms with Crippen LogP contribution in [-0.2, 0) is 17.8 Å². The SMILES string of the molecule is COCCCn1cc(C)nc1NCc1cn[nH]c1. The molecular weight excluding hydrogens is 230 g/mol. The third-order valence-corrected chi connectivity index (χ3v) is 2.65. The highest BCUT2D eigenvalue weighted by molar-refractivity contribution is 5.30. The largest absolute Gasteiger partial charge is 0.385 e. The molecule has 0 amide bonds. The molecule has 6 heteroatoms. The van der Waals surface area contributed by atoms with Gasteiger partial charge in [0.2, 0.25) is 5.95 Å². The molecule has 0 saturated carbocycles. The van der Waals surface area contributed by atoms with Crippen molar-refractivity contribution < 1.29 is 4.74 Å². The third kappa shape index (κ3) is 3.33. The number of anilines is 1. The monoisotopic (exact) mass is 249 g/mol. The van der Waals surface area contributed by atoms with Crippen LogP contribution in [0.4, 0.5) is 5.95 Å². The van der Waals surface area contributed by atoms with E-state index >= 15 is 0 Å². The number of nitrogens with one attached hydrogen (secondary N) is 2. The summed E-state index contributed by atoms with van der Waals surface area (Å²) in [5.41, 5.74) is 2.13. The normalized spacial score (nSPS) is 10.8. The Bertz CT molecular complexity index is 463. The zero-order valence-electron chi connectivity index (χ0n) is 10.8. The van der Waals surface area contributed by atoms with E-state index in [0.29, 0.717) is 0 Å². The lowest BCUT2D eigenvalue weighted by Crippen LogP contribution is -2.08. The van der Waals surface area contributed by atoms with Gasteiger partial charge in [-0.2, -0.15) is 5.10 Å². The third-order valence-electron chi connectivity index (χ3n) is 2.65. The number of hydrogen-bond acceptors (Lipinski definition) is 4. The van der Waals surface area contributed by atoms with E-state index in [1.165, 1.54) is 0 Å². The van der Waals surface area contributed by atoms with Crippen molar-refractivity contribution in [2.75, 3.05) is 19.0 Å². The summed E-state index contributed by atoms with van der Waals surface area (Å²) in [4.78, 5) is 4.47. The van der Waals surface area contributed by atoms with Gasteiger partial charge in [0.15, 0.2) is 0 Å². The first-order valence-corrected chi connectivity index (χ1v) is 6.04. The van der Waals surface area contributed by atoms with Crippen LogP contribution in [0, 0.1) is 6.92 Å². The molecule has 0 aliphatic carbocycles. The van der Waals surface area contributed by atoms with E-state index in [2.05, 4.69) is 25.1 Å². The highest BCUT2D eigenvalue weighted by Gasteiger charge is 2.05. The Morgan fingerprint density at radius 1 is 1.50 bits per heavy atom. The number of nitrogens with zero attached hydrogens (tertiary/aromatic N) is 3. The predicted octanol–water partition coefficient (Wildman–Crippen LogP) is 1.56. The summed E-state index contributed by atoms with van der Waals surface area (Å²) >= 11 is 0. The van der Waals surface area contributed by atoms with E-state index in [9.17, 15) is 0 Å². The fourth-order valence-corrected chi connectivity index (χ4v) is 1.79. The average molecular weight is 249 g/mol. The van der Waals surface area contributed by atoms with Crippen molar-refractivity contribution in [2.24, 2.45) is 0 Å². The number of aryl methyl sites for hydroxylation is 2. The topological polar surface area (TPSA) is 67.8 Å². The Morgan fingerprint density at radius 3 is 3.11 bits per heavy atom. The van der Waals surface area contributed by atoms with Gasteiger partial charge in [0.25, 0.3) is 0 Å². The summed E-state index contributed by atoms with van der Waals surface area (Å²) < 4.78 is 7.18. The molecule has 0 fully saturated rings. The number of aromatic amines is 1. The predicted molar refractivity (Wildman–Crippen MR) is 69.4 cm³/mol. The molecule has 2 aromatic heterocycles. The van der Waals surface area contributed by atoms with Crippen molar-refractivity contribution in [3.63, 3.8) is 0 Å². The van der Waals surface area contributed by atoms with Gasteiger partial charge in [-0.1, -0.05) is 0 Å². The van der Waals surface area contributed by atoms with Gasteiger partial charge in [-0.25, -0.2) is 4.98 Å². The minimum absolute atomic E-state index is 0.719. The molecule has 6 nitrogen and oxygen atoms in total. The van der Waals surface area contributed by atoms with E-state index in [1.807, 2.05) is 19.3 Å². The van der Waals surface area contributed by atoms with Crippen LogP contribution in [0.25, 0.3) is 0 Å². The first-order valence-electron chi connectivity index (χ1n) is 6.04. The van der Waals surface area contributed by atoms with Crippen LogP contribution in [-0.4, -0.2) is 33.5 Å². The number of ether oxygens (including phenoxy) is 1. The molecule has 2 aromatic rings. The highest BCUT2D eigenvalue weighted by Crippen LogP contribution is 2.10. The van der Waals surface area contributed by atoms with E-state index in [1.54, 1.807) is 13.3 Å². The van der Waals surface area contributed by atoms with E-state index in [0.717, 1.165) is 43.3 Å². The van der Waals surface area contributed by atoms with Crippen LogP contribution in [0.15, 0.2) is 18.6 Å². The van der Waals surface area contributed by atoms with Gasteiger partial charge in [-0.3, -0.25) is 5.10 Å². The lowest BCUT2D eigenvalue weighted by atomic mass is 10.4. The molecule has 0 saturated heterocycles. The summed E-state index contributed by atoms with van der Waals surface area (Å²) in [5.74, 6) is 0.893. The Morgan fingerprint density at radius 2 is 2.39 bits per heavy atom. The lowest BCUT2D eigenvalue weighted by molar-refractivity contribution is 0.190. The number of H-pyrrole nitrogens is 1. The molecule has 0 atom stereocenters. The highest BCUT2D eigenvalue weighted by atomic mass is 16.5. The van der Waals surface area contributed by atoms with Crippen molar-refractivity contribution in [3.8, 4) is 0 Å². The number of imidazole rings is 1. The first-order chi connectivity index (χ1) is 8.79. The van der Waals surface area contributed by atoms with Gasteiger partial charge in [0, 0.05) is 44.8 Å². The van der Waals surface area contributed by atoms with Crippen LogP contribution < -0.4 is 5.32 Å². The molecule has 98 valence electrons. The Hall–Kier alpha value is -1.82. The van der Waals surface area contributed by atoms with Gasteiger partial charge in [0.05, 0.1) is 11.9 Å². The van der Waals surface area contributed by atoms with Gasteiger partial charge in [0.1, 0.15) is 0 Å². The summed E-state index contributed by atoms with van der Waals surface area (Å²) in [6.45, 7) is 4.38. The Labute approximate surface area is 106 Å². The molecule has 0 aromatic carbocycles. The van der Waals surface area contributed by atoms with Crippen molar-refractivity contribution in [1.29, 1.82) is 0 Å². The fraction of sp³-hybridized carbons (Fsp3) is 0.500. The molecule has 2 N–H and O–H groups in total. The summed E-state index contributed by atoms with van der Waals surface area (Å²) in [5, 5.41) is 10.0. The van der Waals surface area contributed by atoms with Crippen LogP contribution in [0.1, 0.15) is 17.7 Å². The van der Waals surface area contributed by atoms with Crippen molar-refractivity contribution >= 4 is 5.95 Å². The summed E-state index contributed by atoms with van der Waals surface area (Å²) in [7, 11) is 1.72. The van der Waals surface area contributed by atoms with Crippen molar-refractivity contribution in [3.05, 3.63) is 29.8 Å². The molecule has 0 unspecified atom stereocenters. The van der Waals surface area contributed by atoms with Gasteiger partial charge in [-0.15, -0.1) is 0 Å². The average Bonchev–Trinajstić information content (AvgIpc) is 2.97. The maximum atomic E-state index is 5.06. The zero-order chi connectivity index (χ0) is 12.8. The van der Waals surface area contributed by atoms with Crippen molar-refractivity contribution in [1.82, 2.24) is 19.7 Å². The first kappa shape index (κ1) is 12.6. The van der Waals surface area contributed by atoms with Gasteiger partial charge >= 0.3 is 0 Å². The smallest absolute Gasteiger partial charge is 0.203 e. The van der Waals surface area contributed by atoms with Crippen LogP contribution in [0.3, 0.4) is 0 Å². The molecule has 0 spiro atoms. The lowest BCUT2D eigenvalue weighted by Gasteiger charge is -2.08. The number of hydrogen-bond donors (Lipinski definition) is 2. The quantitative estimate of drug-likeness (QED) is 0.731. The molecule has 0 bridgehead atoms. The van der Waals surface area contributed by atoms with Gasteiger partial charge in [-0.05, 0) is 13.3 Å². The number of rotatable bonds is 7. The van der Waals surface area contributed by atoms with E-state index in [4.69, 9.17) is 4.74 Å². The molecule has 0 aliphatic rings. The molecule has 2 heterocycles.